The van der Waals surface area contributed by atoms with Crippen LogP contribution in [0.25, 0.3) is 11.2 Å². The van der Waals surface area contributed by atoms with Gasteiger partial charge in [-0.15, -0.1) is 5.10 Å². The van der Waals surface area contributed by atoms with E-state index in [2.05, 4.69) is 31.8 Å². The third-order valence-corrected chi connectivity index (χ3v) is 6.17. The normalized spacial score (nSPS) is 13.7. The minimum Gasteiger partial charge on any atom is -0.396 e. The first-order valence-electron chi connectivity index (χ1n) is 10.7. The van der Waals surface area contributed by atoms with Crippen LogP contribution < -0.4 is 11.1 Å². The second-order valence-corrected chi connectivity index (χ2v) is 8.78. The number of nitrogens with two attached hydrogens (primary N) is 1. The Kier molecular flexibility index (Phi) is 4.73. The number of nitrogen functional groups attached to an aromatic ring is 1. The number of carbonyl (C=O) groups is 1. The minimum atomic E-state index is -0.589. The van der Waals surface area contributed by atoms with Crippen molar-refractivity contribution in [3.63, 3.8) is 0 Å². The Morgan fingerprint density at radius 2 is 2.12 bits per heavy atom. The predicted molar refractivity (Wildman–Crippen MR) is 122 cm³/mol. The van der Waals surface area contributed by atoms with Gasteiger partial charge in [-0.05, 0) is 36.5 Å². The third kappa shape index (κ3) is 3.63. The van der Waals surface area contributed by atoms with E-state index in [9.17, 15) is 9.18 Å². The fourth-order valence-corrected chi connectivity index (χ4v) is 4.17. The molecule has 172 valence electrons. The molecule has 6 rings (SSSR count). The van der Waals surface area contributed by atoms with Crippen molar-refractivity contribution in [2.45, 2.75) is 31.8 Å². The lowest BCUT2D eigenvalue weighted by Gasteiger charge is -2.03. The Bertz CT molecular complexity index is 1570. The molecular formula is C22H19ClFN9O. The first kappa shape index (κ1) is 20.6. The van der Waals surface area contributed by atoms with E-state index < -0.39 is 11.7 Å². The van der Waals surface area contributed by atoms with Crippen LogP contribution in [0.2, 0.25) is 5.02 Å². The molecule has 3 N–H and O–H groups in total. The van der Waals surface area contributed by atoms with Crippen molar-refractivity contribution in [3.05, 3.63) is 76.7 Å². The van der Waals surface area contributed by atoms with E-state index in [0.29, 0.717) is 29.5 Å². The van der Waals surface area contributed by atoms with Crippen molar-refractivity contribution in [2.75, 3.05) is 5.73 Å². The summed E-state index contributed by atoms with van der Waals surface area (Å²) in [6.07, 6.45) is 10.9. The highest BCUT2D eigenvalue weighted by Crippen LogP contribution is 2.40. The van der Waals surface area contributed by atoms with Gasteiger partial charge in [0.05, 0.1) is 47.7 Å². The molecule has 12 heteroatoms. The van der Waals surface area contributed by atoms with Crippen LogP contribution in [0.3, 0.4) is 0 Å². The maximum absolute atomic E-state index is 14.4. The van der Waals surface area contributed by atoms with E-state index in [1.165, 1.54) is 46.1 Å². The van der Waals surface area contributed by atoms with Gasteiger partial charge in [-0.25, -0.2) is 19.0 Å². The molecule has 5 aromatic rings. The number of rotatable bonds is 6. The average molecular weight is 480 g/mol. The first-order chi connectivity index (χ1) is 16.5. The number of halogens is 2. The molecule has 1 aliphatic rings. The van der Waals surface area contributed by atoms with Crippen LogP contribution in [0.1, 0.15) is 46.2 Å². The van der Waals surface area contributed by atoms with Crippen molar-refractivity contribution < 1.29 is 9.18 Å². The molecule has 0 aromatic carbocycles. The Labute approximate surface area is 197 Å². The van der Waals surface area contributed by atoms with Crippen LogP contribution in [-0.2, 0) is 13.1 Å². The quantitative estimate of drug-likeness (QED) is 0.386. The molecule has 0 saturated heterocycles. The zero-order valence-electron chi connectivity index (χ0n) is 17.8. The number of hydrogen-bond donors (Lipinski definition) is 2. The number of imidazole rings is 2. The number of carbonyl (C=O) groups excluding carboxylic acids is 1. The summed E-state index contributed by atoms with van der Waals surface area (Å²) in [5.41, 5.74) is 10.2. The van der Waals surface area contributed by atoms with E-state index in [1.807, 2.05) is 16.7 Å². The predicted octanol–water partition coefficient (Wildman–Crippen LogP) is 2.80. The van der Waals surface area contributed by atoms with E-state index in [4.69, 9.17) is 17.3 Å². The summed E-state index contributed by atoms with van der Waals surface area (Å²) >= 11 is 5.87. The summed E-state index contributed by atoms with van der Waals surface area (Å²) in [5.74, 6) is -0.458. The zero-order valence-corrected chi connectivity index (χ0v) is 18.6. The van der Waals surface area contributed by atoms with Gasteiger partial charge in [-0.2, -0.15) is 0 Å². The molecular weight excluding hydrogens is 461 g/mol. The van der Waals surface area contributed by atoms with Gasteiger partial charge in [-0.3, -0.25) is 4.79 Å². The van der Waals surface area contributed by atoms with Crippen molar-refractivity contribution in [3.8, 4) is 0 Å². The molecule has 0 spiro atoms. The fraction of sp³-hybridized carbons (Fsp3) is 0.227. The third-order valence-electron chi connectivity index (χ3n) is 5.88. The number of hydrogen-bond acceptors (Lipinski definition) is 6. The van der Waals surface area contributed by atoms with Gasteiger partial charge < -0.3 is 19.9 Å². The lowest BCUT2D eigenvalue weighted by Crippen LogP contribution is -2.23. The summed E-state index contributed by atoms with van der Waals surface area (Å²) < 4.78 is 19.3. The van der Waals surface area contributed by atoms with E-state index >= 15 is 0 Å². The molecule has 1 fully saturated rings. The summed E-state index contributed by atoms with van der Waals surface area (Å²) in [6.45, 7) is 0.337. The smallest absolute Gasteiger partial charge is 0.273 e. The number of pyridine rings is 2. The largest absolute Gasteiger partial charge is 0.396 e. The second kappa shape index (κ2) is 7.80. The molecule has 0 bridgehead atoms. The molecule has 10 nitrogen and oxygen atoms in total. The van der Waals surface area contributed by atoms with Gasteiger partial charge in [0.2, 0.25) is 0 Å². The lowest BCUT2D eigenvalue weighted by molar-refractivity contribution is 0.0945. The molecule has 0 atom stereocenters. The summed E-state index contributed by atoms with van der Waals surface area (Å²) in [5, 5.41) is 10.7. The van der Waals surface area contributed by atoms with Crippen molar-refractivity contribution in [1.29, 1.82) is 0 Å². The Morgan fingerprint density at radius 3 is 2.94 bits per heavy atom. The summed E-state index contributed by atoms with van der Waals surface area (Å²) in [4.78, 5) is 21.3. The van der Waals surface area contributed by atoms with Crippen LogP contribution in [0.5, 0.6) is 0 Å². The number of amides is 1. The number of fused-ring (bicyclic) bond motifs is 2. The highest BCUT2D eigenvalue weighted by atomic mass is 35.5. The second-order valence-electron chi connectivity index (χ2n) is 8.38. The molecule has 0 radical (unpaired) electrons. The molecule has 1 saturated carbocycles. The van der Waals surface area contributed by atoms with Gasteiger partial charge in [0.25, 0.3) is 5.91 Å². The van der Waals surface area contributed by atoms with Gasteiger partial charge in [0, 0.05) is 18.6 Å². The van der Waals surface area contributed by atoms with E-state index in [1.54, 1.807) is 6.20 Å². The molecule has 0 aliphatic heterocycles. The zero-order chi connectivity index (χ0) is 23.4. The molecule has 1 aliphatic carbocycles. The number of nitrogens with one attached hydrogen (secondary N) is 1. The maximum Gasteiger partial charge on any atom is 0.273 e. The van der Waals surface area contributed by atoms with Crippen LogP contribution in [0.15, 0.2) is 43.2 Å². The average Bonchev–Trinajstić information content (AvgIpc) is 3.22. The van der Waals surface area contributed by atoms with Gasteiger partial charge >= 0.3 is 0 Å². The molecule has 5 aromatic heterocycles. The molecule has 0 unspecified atom stereocenters. The SMILES string of the molecule is Nc1cc(C2CC2)cn2cc(Cn3cc(C(=O)NCc4ncn5ccc(Cl)c(F)c45)nn3)nc12. The van der Waals surface area contributed by atoms with E-state index in [0.717, 1.165) is 5.69 Å². The number of anilines is 1. The minimum absolute atomic E-state index is 0.00843. The standard InChI is InChI=1S/C22H19ClFN9O/c23-15-3-4-31-11-27-17(20(31)19(15)24)6-26-22(34)18-10-33(30-29-18)9-14-8-32-7-13(12-1-2-12)5-16(25)21(32)28-14/h3-5,7-8,10-12H,1-2,6,9,25H2,(H,26,34). The topological polar surface area (TPSA) is 120 Å². The highest BCUT2D eigenvalue weighted by Gasteiger charge is 2.25. The molecule has 1 amide bonds. The Balaban J connectivity index is 1.16. The Hall–Kier alpha value is -3.99. The van der Waals surface area contributed by atoms with Crippen molar-refractivity contribution in [1.82, 2.24) is 39.1 Å². The fourth-order valence-electron chi connectivity index (χ4n) is 4.03. The first-order valence-corrected chi connectivity index (χ1v) is 11.1. The van der Waals surface area contributed by atoms with Crippen molar-refractivity contribution >= 4 is 34.4 Å². The van der Waals surface area contributed by atoms with Crippen LogP contribution in [0, 0.1) is 5.82 Å². The molecule has 5 heterocycles. The summed E-state index contributed by atoms with van der Waals surface area (Å²) in [6, 6.07) is 3.43. The van der Waals surface area contributed by atoms with Gasteiger partial charge in [-0.1, -0.05) is 16.8 Å². The molecule has 34 heavy (non-hydrogen) atoms. The van der Waals surface area contributed by atoms with Crippen LogP contribution >= 0.6 is 11.6 Å². The van der Waals surface area contributed by atoms with Crippen molar-refractivity contribution in [2.24, 2.45) is 0 Å². The van der Waals surface area contributed by atoms with Gasteiger partial charge in [0.15, 0.2) is 17.2 Å². The number of aromatic nitrogens is 7. The van der Waals surface area contributed by atoms with Crippen LogP contribution in [0.4, 0.5) is 10.1 Å². The van der Waals surface area contributed by atoms with E-state index in [-0.39, 0.29) is 22.8 Å². The van der Waals surface area contributed by atoms with Crippen LogP contribution in [-0.4, -0.2) is 39.7 Å². The Morgan fingerprint density at radius 1 is 1.26 bits per heavy atom. The maximum atomic E-state index is 14.4. The van der Waals surface area contributed by atoms with Gasteiger partial charge in [0.1, 0.15) is 5.52 Å². The number of nitrogens with zero attached hydrogens (tertiary/aromatic N) is 7. The highest BCUT2D eigenvalue weighted by molar-refractivity contribution is 6.31. The monoisotopic (exact) mass is 479 g/mol. The lowest BCUT2D eigenvalue weighted by atomic mass is 10.2. The summed E-state index contributed by atoms with van der Waals surface area (Å²) in [7, 11) is 0.